The third kappa shape index (κ3) is 4.60. The summed E-state index contributed by atoms with van der Waals surface area (Å²) < 4.78 is 43.2. The van der Waals surface area contributed by atoms with Crippen LogP contribution in [0.3, 0.4) is 0 Å². The van der Waals surface area contributed by atoms with Crippen molar-refractivity contribution in [2.24, 2.45) is 0 Å². The normalized spacial score (nSPS) is 15.4. The van der Waals surface area contributed by atoms with E-state index in [9.17, 15) is 32.9 Å². The molecule has 1 atom stereocenters. The Balaban J connectivity index is 1.74. The van der Waals surface area contributed by atoms with Crippen LogP contribution in [0, 0.1) is 10.1 Å². The number of methoxy groups -OCH3 is 1. The highest BCUT2D eigenvalue weighted by Gasteiger charge is 2.38. The first-order valence-electron chi connectivity index (χ1n) is 9.20. The maximum Gasteiger partial charge on any atom is 0.416 e. The number of nitro groups is 1. The maximum absolute atomic E-state index is 12.8. The average Bonchev–Trinajstić information content (AvgIpc) is 3.12. The number of para-hydroxylation sites is 1. The van der Waals surface area contributed by atoms with E-state index in [0.717, 1.165) is 17.7 Å². The van der Waals surface area contributed by atoms with E-state index in [1.807, 2.05) is 0 Å². The number of hydrogen-bond acceptors (Lipinski definition) is 6. The Labute approximate surface area is 174 Å². The molecule has 0 aliphatic carbocycles. The summed E-state index contributed by atoms with van der Waals surface area (Å²) in [6.07, 6.45) is -4.57. The van der Waals surface area contributed by atoms with Gasteiger partial charge in [0.1, 0.15) is 11.7 Å². The molecule has 2 aromatic rings. The largest absolute Gasteiger partial charge is 0.467 e. The lowest BCUT2D eigenvalue weighted by Gasteiger charge is -2.24. The minimum absolute atomic E-state index is 0.0857. The Morgan fingerprint density at radius 1 is 1.26 bits per heavy atom. The topological polar surface area (TPSA) is 102 Å². The lowest BCUT2D eigenvalue weighted by molar-refractivity contribution is -0.384. The number of halogens is 3. The molecule has 1 amide bonds. The predicted molar refractivity (Wildman–Crippen MR) is 105 cm³/mol. The highest BCUT2D eigenvalue weighted by atomic mass is 19.4. The number of fused-ring (bicyclic) bond motifs is 1. The SMILES string of the molecule is COC(=O)C1Cc2ccccc2N1C(=O)CCNc1ccc(C(F)(F)F)cc1[N+](=O)[O-]. The summed E-state index contributed by atoms with van der Waals surface area (Å²) in [7, 11) is 1.22. The quantitative estimate of drug-likeness (QED) is 0.421. The second-order valence-corrected chi connectivity index (χ2v) is 6.80. The van der Waals surface area contributed by atoms with Gasteiger partial charge in [-0.3, -0.25) is 19.8 Å². The van der Waals surface area contributed by atoms with Crippen LogP contribution < -0.4 is 10.2 Å². The summed E-state index contributed by atoms with van der Waals surface area (Å²) >= 11 is 0. The molecule has 31 heavy (non-hydrogen) atoms. The van der Waals surface area contributed by atoms with Gasteiger partial charge in [-0.2, -0.15) is 13.2 Å². The minimum Gasteiger partial charge on any atom is -0.467 e. The number of hydrogen-bond donors (Lipinski definition) is 1. The van der Waals surface area contributed by atoms with Crippen LogP contribution in [0.15, 0.2) is 42.5 Å². The summed E-state index contributed by atoms with van der Waals surface area (Å²) in [5.41, 5.74) is -0.658. The van der Waals surface area contributed by atoms with E-state index < -0.39 is 40.3 Å². The molecule has 1 aliphatic heterocycles. The van der Waals surface area contributed by atoms with E-state index in [4.69, 9.17) is 4.74 Å². The molecule has 0 spiro atoms. The fourth-order valence-electron chi connectivity index (χ4n) is 3.45. The first-order chi connectivity index (χ1) is 14.6. The first-order valence-corrected chi connectivity index (χ1v) is 9.20. The number of benzene rings is 2. The molecule has 0 saturated heterocycles. The molecular weight excluding hydrogens is 419 g/mol. The second kappa shape index (κ2) is 8.62. The number of carbonyl (C=O) groups excluding carboxylic acids is 2. The molecule has 1 aliphatic rings. The monoisotopic (exact) mass is 437 g/mol. The van der Waals surface area contributed by atoms with Gasteiger partial charge in [-0.25, -0.2) is 4.79 Å². The van der Waals surface area contributed by atoms with Crippen molar-refractivity contribution in [2.45, 2.75) is 25.1 Å². The van der Waals surface area contributed by atoms with Gasteiger partial charge in [-0.1, -0.05) is 18.2 Å². The van der Waals surface area contributed by atoms with Crippen LogP contribution in [0.25, 0.3) is 0 Å². The Morgan fingerprint density at radius 3 is 2.61 bits per heavy atom. The van der Waals surface area contributed by atoms with Crippen LogP contribution in [0.1, 0.15) is 17.5 Å². The highest BCUT2D eigenvalue weighted by molar-refractivity contribution is 6.02. The molecule has 0 saturated carbocycles. The van der Waals surface area contributed by atoms with E-state index in [1.165, 1.54) is 12.0 Å². The molecule has 164 valence electrons. The van der Waals surface area contributed by atoms with E-state index in [2.05, 4.69) is 5.32 Å². The van der Waals surface area contributed by atoms with Crippen LogP contribution >= 0.6 is 0 Å². The molecule has 11 heteroatoms. The average molecular weight is 437 g/mol. The molecule has 1 heterocycles. The number of rotatable bonds is 6. The molecular formula is C20H18F3N3O5. The van der Waals surface area contributed by atoms with Gasteiger partial charge < -0.3 is 10.1 Å². The van der Waals surface area contributed by atoms with Crippen LogP contribution in [-0.2, 0) is 26.9 Å². The van der Waals surface area contributed by atoms with Crippen molar-refractivity contribution in [3.8, 4) is 0 Å². The minimum atomic E-state index is -4.72. The van der Waals surface area contributed by atoms with Crippen molar-refractivity contribution in [1.82, 2.24) is 0 Å². The van der Waals surface area contributed by atoms with Gasteiger partial charge in [-0.05, 0) is 23.8 Å². The smallest absolute Gasteiger partial charge is 0.416 e. The van der Waals surface area contributed by atoms with E-state index in [1.54, 1.807) is 24.3 Å². The number of carbonyl (C=O) groups is 2. The number of nitrogens with zero attached hydrogens (tertiary/aromatic N) is 2. The van der Waals surface area contributed by atoms with Crippen LogP contribution in [0.5, 0.6) is 0 Å². The fourth-order valence-corrected chi connectivity index (χ4v) is 3.45. The van der Waals surface area contributed by atoms with Gasteiger partial charge in [-0.15, -0.1) is 0 Å². The summed E-state index contributed by atoms with van der Waals surface area (Å²) in [4.78, 5) is 36.5. The predicted octanol–water partition coefficient (Wildman–Crippen LogP) is 3.55. The maximum atomic E-state index is 12.8. The van der Waals surface area contributed by atoms with Gasteiger partial charge in [0.25, 0.3) is 5.69 Å². The van der Waals surface area contributed by atoms with Crippen LogP contribution in [-0.4, -0.2) is 36.5 Å². The zero-order chi connectivity index (χ0) is 22.8. The number of ether oxygens (including phenoxy) is 1. The third-order valence-electron chi connectivity index (χ3n) is 4.89. The highest BCUT2D eigenvalue weighted by Crippen LogP contribution is 2.35. The van der Waals surface area contributed by atoms with Crippen molar-refractivity contribution in [3.63, 3.8) is 0 Å². The molecule has 3 rings (SSSR count). The number of esters is 1. The zero-order valence-corrected chi connectivity index (χ0v) is 16.3. The third-order valence-corrected chi connectivity index (χ3v) is 4.89. The van der Waals surface area contributed by atoms with Crippen molar-refractivity contribution in [1.29, 1.82) is 0 Å². The van der Waals surface area contributed by atoms with E-state index >= 15 is 0 Å². The number of alkyl halides is 3. The molecule has 0 aromatic heterocycles. The van der Waals surface area contributed by atoms with Crippen LogP contribution in [0.4, 0.5) is 30.2 Å². The summed E-state index contributed by atoms with van der Waals surface area (Å²) in [5, 5.41) is 13.8. The molecule has 8 nitrogen and oxygen atoms in total. The fraction of sp³-hybridized carbons (Fsp3) is 0.300. The van der Waals surface area contributed by atoms with E-state index in [-0.39, 0.29) is 18.7 Å². The molecule has 2 aromatic carbocycles. The van der Waals surface area contributed by atoms with Crippen molar-refractivity contribution >= 4 is 28.9 Å². The second-order valence-electron chi connectivity index (χ2n) is 6.80. The number of nitro benzene ring substituents is 1. The molecule has 0 radical (unpaired) electrons. The summed E-state index contributed by atoms with van der Waals surface area (Å²) in [6, 6.07) is 8.29. The van der Waals surface area contributed by atoms with Gasteiger partial charge in [0.2, 0.25) is 5.91 Å². The summed E-state index contributed by atoms with van der Waals surface area (Å²) in [5.74, 6) is -1.00. The van der Waals surface area contributed by atoms with Crippen molar-refractivity contribution in [2.75, 3.05) is 23.9 Å². The molecule has 1 unspecified atom stereocenters. The van der Waals surface area contributed by atoms with Gasteiger partial charge >= 0.3 is 12.1 Å². The molecule has 0 fully saturated rings. The number of amides is 1. The Hall–Kier alpha value is -3.63. The van der Waals surface area contributed by atoms with Crippen molar-refractivity contribution < 1.29 is 32.4 Å². The van der Waals surface area contributed by atoms with Gasteiger partial charge in [0, 0.05) is 31.1 Å². The first kappa shape index (κ1) is 22.1. The lowest BCUT2D eigenvalue weighted by atomic mass is 10.1. The Morgan fingerprint density at radius 2 is 1.97 bits per heavy atom. The van der Waals surface area contributed by atoms with Gasteiger partial charge in [0.15, 0.2) is 0 Å². The molecule has 0 bridgehead atoms. The number of nitrogens with one attached hydrogen (secondary N) is 1. The lowest BCUT2D eigenvalue weighted by Crippen LogP contribution is -2.44. The van der Waals surface area contributed by atoms with Crippen molar-refractivity contribution in [3.05, 3.63) is 63.7 Å². The van der Waals surface area contributed by atoms with E-state index in [0.29, 0.717) is 18.2 Å². The summed E-state index contributed by atoms with van der Waals surface area (Å²) in [6.45, 7) is -0.0857. The standard InChI is InChI=1S/C20H18F3N3O5/c1-31-19(28)17-10-12-4-2-3-5-15(12)25(17)18(27)8-9-24-14-7-6-13(20(21,22)23)11-16(14)26(29)30/h2-7,11,17,24H,8-10H2,1H3. The number of anilines is 2. The Kier molecular flexibility index (Phi) is 6.14. The van der Waals surface area contributed by atoms with Crippen LogP contribution in [0.2, 0.25) is 0 Å². The van der Waals surface area contributed by atoms with Gasteiger partial charge in [0.05, 0.1) is 17.6 Å². The zero-order valence-electron chi connectivity index (χ0n) is 16.3. The molecule has 1 N–H and O–H groups in total. The Bertz CT molecular complexity index is 1030.